The lowest BCUT2D eigenvalue weighted by Gasteiger charge is -2.34. The summed E-state index contributed by atoms with van der Waals surface area (Å²) >= 11 is 5.94. The second-order valence-corrected chi connectivity index (χ2v) is 6.54. The number of hydrogen-bond donors (Lipinski definition) is 0. The molecule has 1 saturated heterocycles. The molecule has 0 atom stereocenters. The third-order valence-electron chi connectivity index (χ3n) is 4.46. The fraction of sp³-hybridized carbons (Fsp3) is 0.368. The summed E-state index contributed by atoms with van der Waals surface area (Å²) in [6, 6.07) is 9.09. The number of piperazine rings is 1. The Labute approximate surface area is 158 Å². The van der Waals surface area contributed by atoms with E-state index in [1.54, 1.807) is 38.6 Å². The van der Waals surface area contributed by atoms with Crippen molar-refractivity contribution in [3.05, 3.63) is 52.8 Å². The normalized spacial score (nSPS) is 15.0. The van der Waals surface area contributed by atoms with E-state index in [1.807, 2.05) is 17.0 Å². The fourth-order valence-corrected chi connectivity index (χ4v) is 3.22. The lowest BCUT2D eigenvalue weighted by molar-refractivity contribution is 0.0627. The largest absolute Gasteiger partial charge is 0.497 e. The maximum atomic E-state index is 12.8. The summed E-state index contributed by atoms with van der Waals surface area (Å²) < 4.78 is 10.5. The standard InChI is InChI=1S/C19H22ClN3O3/c1-25-16-10-15(11-17(12-16)26-2)19(24)23-7-5-22(6-8-23)13-14-3-4-21-18(20)9-14/h3-4,9-12H,5-8,13H2,1-2H3. The summed E-state index contributed by atoms with van der Waals surface area (Å²) in [6.45, 7) is 3.78. The Balaban J connectivity index is 1.61. The molecule has 138 valence electrons. The number of carbonyl (C=O) groups is 1. The molecule has 0 bridgehead atoms. The summed E-state index contributed by atoms with van der Waals surface area (Å²) in [5, 5.41) is 0.503. The van der Waals surface area contributed by atoms with E-state index in [2.05, 4.69) is 9.88 Å². The third kappa shape index (κ3) is 4.45. The first-order chi connectivity index (χ1) is 12.6. The first kappa shape index (κ1) is 18.5. The second-order valence-electron chi connectivity index (χ2n) is 6.16. The van der Waals surface area contributed by atoms with E-state index in [9.17, 15) is 4.79 Å². The van der Waals surface area contributed by atoms with Gasteiger partial charge in [-0.15, -0.1) is 0 Å². The third-order valence-corrected chi connectivity index (χ3v) is 4.66. The van der Waals surface area contributed by atoms with Crippen LogP contribution in [-0.2, 0) is 6.54 Å². The van der Waals surface area contributed by atoms with Crippen LogP contribution < -0.4 is 9.47 Å². The van der Waals surface area contributed by atoms with Crippen LogP contribution in [0.25, 0.3) is 0 Å². The van der Waals surface area contributed by atoms with Crippen LogP contribution in [0.4, 0.5) is 0 Å². The Hall–Kier alpha value is -2.31. The fourth-order valence-electron chi connectivity index (χ4n) is 3.02. The van der Waals surface area contributed by atoms with Gasteiger partial charge in [0, 0.05) is 50.6 Å². The quantitative estimate of drug-likeness (QED) is 0.752. The highest BCUT2D eigenvalue weighted by atomic mass is 35.5. The van der Waals surface area contributed by atoms with Crippen LogP contribution in [0.2, 0.25) is 5.15 Å². The SMILES string of the molecule is COc1cc(OC)cc(C(=O)N2CCN(Cc3ccnc(Cl)c3)CC2)c1. The summed E-state index contributed by atoms with van der Waals surface area (Å²) in [7, 11) is 3.15. The number of hydrogen-bond acceptors (Lipinski definition) is 5. The second kappa shape index (κ2) is 8.38. The molecule has 3 rings (SSSR count). The highest BCUT2D eigenvalue weighted by Gasteiger charge is 2.23. The zero-order valence-electron chi connectivity index (χ0n) is 14.9. The summed E-state index contributed by atoms with van der Waals surface area (Å²) in [5.74, 6) is 1.22. The zero-order valence-corrected chi connectivity index (χ0v) is 15.7. The van der Waals surface area contributed by atoms with Gasteiger partial charge in [-0.1, -0.05) is 11.6 Å². The molecular formula is C19H22ClN3O3. The average molecular weight is 376 g/mol. The van der Waals surface area contributed by atoms with Crippen molar-refractivity contribution in [2.24, 2.45) is 0 Å². The number of amides is 1. The summed E-state index contributed by atoms with van der Waals surface area (Å²) in [5.41, 5.74) is 1.71. The molecule has 0 aliphatic carbocycles. The van der Waals surface area contributed by atoms with Crippen molar-refractivity contribution < 1.29 is 14.3 Å². The van der Waals surface area contributed by atoms with E-state index in [0.717, 1.165) is 25.2 Å². The summed E-state index contributed by atoms with van der Waals surface area (Å²) in [6.07, 6.45) is 1.72. The van der Waals surface area contributed by atoms with Gasteiger partial charge in [-0.05, 0) is 29.8 Å². The monoisotopic (exact) mass is 375 g/mol. The van der Waals surface area contributed by atoms with Crippen LogP contribution in [0.5, 0.6) is 11.5 Å². The van der Waals surface area contributed by atoms with Gasteiger partial charge in [-0.2, -0.15) is 0 Å². The van der Waals surface area contributed by atoms with E-state index < -0.39 is 0 Å². The van der Waals surface area contributed by atoms with E-state index in [0.29, 0.717) is 35.3 Å². The Bertz CT molecular complexity index is 754. The summed E-state index contributed by atoms with van der Waals surface area (Å²) in [4.78, 5) is 21.0. The minimum Gasteiger partial charge on any atom is -0.497 e. The van der Waals surface area contributed by atoms with Crippen LogP contribution in [0.15, 0.2) is 36.5 Å². The molecule has 26 heavy (non-hydrogen) atoms. The molecule has 1 aromatic heterocycles. The van der Waals surface area contributed by atoms with Crippen molar-refractivity contribution in [2.75, 3.05) is 40.4 Å². The van der Waals surface area contributed by atoms with Gasteiger partial charge in [-0.3, -0.25) is 9.69 Å². The minimum atomic E-state index is -0.00574. The number of methoxy groups -OCH3 is 2. The van der Waals surface area contributed by atoms with E-state index in [-0.39, 0.29) is 5.91 Å². The van der Waals surface area contributed by atoms with Crippen LogP contribution in [-0.4, -0.2) is 61.1 Å². The number of halogens is 1. The Morgan fingerprint density at radius 3 is 2.31 bits per heavy atom. The minimum absolute atomic E-state index is 0.00574. The highest BCUT2D eigenvalue weighted by Crippen LogP contribution is 2.24. The van der Waals surface area contributed by atoms with E-state index >= 15 is 0 Å². The maximum Gasteiger partial charge on any atom is 0.254 e. The first-order valence-corrected chi connectivity index (χ1v) is 8.82. The zero-order chi connectivity index (χ0) is 18.5. The van der Waals surface area contributed by atoms with Gasteiger partial charge in [0.1, 0.15) is 16.7 Å². The number of ether oxygens (including phenoxy) is 2. The Morgan fingerprint density at radius 1 is 1.08 bits per heavy atom. The molecule has 0 radical (unpaired) electrons. The molecule has 2 heterocycles. The lowest BCUT2D eigenvalue weighted by Crippen LogP contribution is -2.48. The molecule has 0 N–H and O–H groups in total. The molecule has 1 aromatic carbocycles. The molecule has 1 fully saturated rings. The molecule has 6 nitrogen and oxygen atoms in total. The van der Waals surface area contributed by atoms with Crippen LogP contribution >= 0.6 is 11.6 Å². The van der Waals surface area contributed by atoms with Crippen LogP contribution in [0.3, 0.4) is 0 Å². The molecule has 7 heteroatoms. The van der Waals surface area contributed by atoms with Crippen molar-refractivity contribution in [1.29, 1.82) is 0 Å². The van der Waals surface area contributed by atoms with Gasteiger partial charge >= 0.3 is 0 Å². The van der Waals surface area contributed by atoms with Crippen LogP contribution in [0.1, 0.15) is 15.9 Å². The van der Waals surface area contributed by atoms with Gasteiger partial charge in [0.15, 0.2) is 0 Å². The topological polar surface area (TPSA) is 54.9 Å². The molecule has 1 aliphatic heterocycles. The number of benzene rings is 1. The Kier molecular flexibility index (Phi) is 5.96. The van der Waals surface area contributed by atoms with E-state index in [4.69, 9.17) is 21.1 Å². The molecule has 0 unspecified atom stereocenters. The van der Waals surface area contributed by atoms with Crippen molar-refractivity contribution >= 4 is 17.5 Å². The number of carbonyl (C=O) groups excluding carboxylic acids is 1. The number of pyridine rings is 1. The van der Waals surface area contributed by atoms with E-state index in [1.165, 1.54) is 0 Å². The number of rotatable bonds is 5. The smallest absolute Gasteiger partial charge is 0.254 e. The Morgan fingerprint density at radius 2 is 1.73 bits per heavy atom. The van der Waals surface area contributed by atoms with Gasteiger partial charge in [0.05, 0.1) is 14.2 Å². The van der Waals surface area contributed by atoms with Gasteiger partial charge in [0.25, 0.3) is 5.91 Å². The highest BCUT2D eigenvalue weighted by molar-refractivity contribution is 6.29. The predicted octanol–water partition coefficient (Wildman–Crippen LogP) is 2.71. The molecule has 0 saturated carbocycles. The maximum absolute atomic E-state index is 12.8. The first-order valence-electron chi connectivity index (χ1n) is 8.44. The lowest BCUT2D eigenvalue weighted by atomic mass is 10.1. The number of aromatic nitrogens is 1. The van der Waals surface area contributed by atoms with Crippen molar-refractivity contribution in [1.82, 2.24) is 14.8 Å². The van der Waals surface area contributed by atoms with Crippen LogP contribution in [0, 0.1) is 0 Å². The predicted molar refractivity (Wildman–Crippen MR) is 100.0 cm³/mol. The van der Waals surface area contributed by atoms with Gasteiger partial charge in [-0.25, -0.2) is 4.98 Å². The molecule has 1 aliphatic rings. The van der Waals surface area contributed by atoms with Crippen molar-refractivity contribution in [3.63, 3.8) is 0 Å². The average Bonchev–Trinajstić information content (AvgIpc) is 2.67. The molecule has 2 aromatic rings. The van der Waals surface area contributed by atoms with Crippen molar-refractivity contribution in [3.8, 4) is 11.5 Å². The number of nitrogens with zero attached hydrogens (tertiary/aromatic N) is 3. The van der Waals surface area contributed by atoms with Gasteiger partial charge in [0.2, 0.25) is 0 Å². The molecule has 1 amide bonds. The molecular weight excluding hydrogens is 354 g/mol. The molecule has 0 spiro atoms. The van der Waals surface area contributed by atoms with Crippen molar-refractivity contribution in [2.45, 2.75) is 6.54 Å². The van der Waals surface area contributed by atoms with Gasteiger partial charge < -0.3 is 14.4 Å².